The molecule has 3 aromatic carbocycles. The van der Waals surface area contributed by atoms with E-state index in [1.165, 1.54) is 23.0 Å². The molecule has 0 aliphatic heterocycles. The first-order valence-electron chi connectivity index (χ1n) is 10.5. The van der Waals surface area contributed by atoms with Crippen LogP contribution in [0.5, 0.6) is 0 Å². The fourth-order valence-electron chi connectivity index (χ4n) is 3.32. The number of nitrogens with zero attached hydrogens (tertiary/aromatic N) is 1. The van der Waals surface area contributed by atoms with Crippen molar-refractivity contribution in [1.82, 2.24) is 10.3 Å². The van der Waals surface area contributed by atoms with Crippen LogP contribution >= 0.6 is 46.8 Å². The van der Waals surface area contributed by atoms with E-state index in [9.17, 15) is 4.79 Å². The second kappa shape index (κ2) is 10.7. The van der Waals surface area contributed by atoms with Gasteiger partial charge in [-0.1, -0.05) is 73.4 Å². The molecule has 4 aromatic rings. The van der Waals surface area contributed by atoms with Crippen LogP contribution in [0.15, 0.2) is 66.7 Å². The number of para-hydroxylation sites is 1. The number of rotatable bonds is 5. The average Bonchev–Trinajstić information content (AvgIpc) is 3.23. The molecule has 0 aliphatic carbocycles. The van der Waals surface area contributed by atoms with Crippen molar-refractivity contribution >= 4 is 79.8 Å². The normalized spacial score (nSPS) is 11.3. The summed E-state index contributed by atoms with van der Waals surface area (Å²) >= 11 is 19.6. The summed E-state index contributed by atoms with van der Waals surface area (Å²) in [5.74, 6) is 0.106. The van der Waals surface area contributed by atoms with E-state index in [0.717, 1.165) is 20.8 Å². The number of halogens is 2. The minimum atomic E-state index is -0.350. The molecule has 0 fully saturated rings. The van der Waals surface area contributed by atoms with Crippen molar-refractivity contribution < 1.29 is 4.79 Å². The number of carbonyl (C=O) groups excluding carboxylic acids is 1. The van der Waals surface area contributed by atoms with E-state index >= 15 is 0 Å². The highest BCUT2D eigenvalue weighted by Gasteiger charge is 2.16. The zero-order valence-electron chi connectivity index (χ0n) is 18.4. The molecular weight excluding hydrogens is 505 g/mol. The maximum absolute atomic E-state index is 12.4. The Bertz CT molecular complexity index is 1360. The van der Waals surface area contributed by atoms with Gasteiger partial charge in [0.2, 0.25) is 5.91 Å². The summed E-state index contributed by atoms with van der Waals surface area (Å²) in [6.45, 7) is 4.28. The van der Waals surface area contributed by atoms with Crippen molar-refractivity contribution in [3.63, 3.8) is 0 Å². The Hall–Kier alpha value is -2.77. The number of benzene rings is 3. The highest BCUT2D eigenvalue weighted by atomic mass is 35.5. The highest BCUT2D eigenvalue weighted by Crippen LogP contribution is 2.40. The molecule has 0 saturated heterocycles. The monoisotopic (exact) mass is 525 g/mol. The Morgan fingerprint density at radius 1 is 1.09 bits per heavy atom. The number of aromatic nitrogens is 1. The molecule has 4 nitrogen and oxygen atoms in total. The Labute approximate surface area is 217 Å². The summed E-state index contributed by atoms with van der Waals surface area (Å²) < 4.78 is 1.04. The van der Waals surface area contributed by atoms with Gasteiger partial charge >= 0.3 is 0 Å². The maximum atomic E-state index is 12.4. The molecule has 8 heteroatoms. The van der Waals surface area contributed by atoms with Gasteiger partial charge in [-0.15, -0.1) is 11.3 Å². The fraction of sp³-hybridized carbons (Fsp3) is 0.115. The number of nitrogens with one attached hydrogen (secondary N) is 2. The molecule has 0 aliphatic rings. The predicted molar refractivity (Wildman–Crippen MR) is 149 cm³/mol. The molecule has 2 N–H and O–H groups in total. The first kappa shape index (κ1) is 24.4. The average molecular weight is 527 g/mol. The molecule has 34 heavy (non-hydrogen) atoms. The molecular formula is C26H21Cl2N3OS2. The zero-order chi connectivity index (χ0) is 24.2. The smallest absolute Gasteiger partial charge is 0.250 e. The number of fused-ring (bicyclic) bond motifs is 1. The van der Waals surface area contributed by atoms with E-state index in [2.05, 4.69) is 36.6 Å². The molecule has 172 valence electrons. The van der Waals surface area contributed by atoms with Gasteiger partial charge in [0.25, 0.3) is 0 Å². The van der Waals surface area contributed by atoms with Gasteiger partial charge in [-0.05, 0) is 59.6 Å². The van der Waals surface area contributed by atoms with Crippen LogP contribution in [0.4, 0.5) is 5.69 Å². The Balaban J connectivity index is 1.50. The summed E-state index contributed by atoms with van der Waals surface area (Å²) in [5.41, 5.74) is 4.29. The van der Waals surface area contributed by atoms with Crippen molar-refractivity contribution in [3.8, 4) is 10.6 Å². The van der Waals surface area contributed by atoms with Gasteiger partial charge in [0, 0.05) is 16.7 Å². The van der Waals surface area contributed by atoms with Crippen LogP contribution in [0, 0.1) is 0 Å². The van der Waals surface area contributed by atoms with Gasteiger partial charge in [0.1, 0.15) is 5.01 Å². The van der Waals surface area contributed by atoms with Crippen LogP contribution in [0.25, 0.3) is 26.9 Å². The van der Waals surface area contributed by atoms with Crippen LogP contribution in [0.1, 0.15) is 30.9 Å². The lowest BCUT2D eigenvalue weighted by atomic mass is 10.0. The van der Waals surface area contributed by atoms with Crippen molar-refractivity contribution in [2.75, 3.05) is 5.32 Å². The van der Waals surface area contributed by atoms with Crippen LogP contribution in [-0.4, -0.2) is 16.0 Å². The quantitative estimate of drug-likeness (QED) is 0.205. The second-order valence-corrected chi connectivity index (χ2v) is 10.2. The molecule has 1 aromatic heterocycles. The van der Waals surface area contributed by atoms with E-state index in [1.807, 2.05) is 36.4 Å². The largest absolute Gasteiger partial charge is 0.331 e. The Morgan fingerprint density at radius 2 is 1.82 bits per heavy atom. The molecule has 1 heterocycles. The highest BCUT2D eigenvalue weighted by molar-refractivity contribution is 7.80. The number of hydrogen-bond acceptors (Lipinski definition) is 4. The molecule has 0 spiro atoms. The van der Waals surface area contributed by atoms with Crippen molar-refractivity contribution in [2.45, 2.75) is 19.8 Å². The molecule has 0 radical (unpaired) electrons. The van der Waals surface area contributed by atoms with Crippen LogP contribution in [0.2, 0.25) is 10.0 Å². The third-order valence-corrected chi connectivity index (χ3v) is 6.87. The third-order valence-electron chi connectivity index (χ3n) is 5.08. The Kier molecular flexibility index (Phi) is 7.63. The third kappa shape index (κ3) is 5.83. The Morgan fingerprint density at radius 3 is 2.53 bits per heavy atom. The van der Waals surface area contributed by atoms with E-state index in [0.29, 0.717) is 27.2 Å². The zero-order valence-corrected chi connectivity index (χ0v) is 21.6. The van der Waals surface area contributed by atoms with Crippen molar-refractivity contribution in [2.24, 2.45) is 0 Å². The lowest BCUT2D eigenvalue weighted by molar-refractivity contribution is -0.115. The van der Waals surface area contributed by atoms with Gasteiger partial charge in [-0.3, -0.25) is 10.1 Å². The predicted octanol–water partition coefficient (Wildman–Crippen LogP) is 7.92. The van der Waals surface area contributed by atoms with Gasteiger partial charge in [0.05, 0.1) is 20.9 Å². The fourth-order valence-corrected chi connectivity index (χ4v) is 5.05. The van der Waals surface area contributed by atoms with Gasteiger partial charge in [-0.2, -0.15) is 0 Å². The topological polar surface area (TPSA) is 54.0 Å². The minimum Gasteiger partial charge on any atom is -0.331 e. The summed E-state index contributed by atoms with van der Waals surface area (Å²) in [4.78, 5) is 17.1. The summed E-state index contributed by atoms with van der Waals surface area (Å²) in [6, 6.07) is 19.3. The van der Waals surface area contributed by atoms with Crippen molar-refractivity contribution in [1.29, 1.82) is 0 Å². The van der Waals surface area contributed by atoms with E-state index < -0.39 is 0 Å². The van der Waals surface area contributed by atoms with Crippen LogP contribution < -0.4 is 10.6 Å². The molecule has 0 saturated carbocycles. The van der Waals surface area contributed by atoms with E-state index in [1.54, 1.807) is 18.2 Å². The van der Waals surface area contributed by atoms with Crippen LogP contribution in [-0.2, 0) is 4.79 Å². The first-order valence-corrected chi connectivity index (χ1v) is 12.5. The molecule has 1 amide bonds. The summed E-state index contributed by atoms with van der Waals surface area (Å²) in [6.07, 6.45) is 3.18. The SMILES string of the molecule is CC(C)c1ccc(/C=C/C(=O)NC(=S)Nc2c(Cl)cc(Cl)cc2-c2nc3ccccc3s2)cc1. The molecule has 4 rings (SSSR count). The summed E-state index contributed by atoms with van der Waals surface area (Å²) in [5, 5.41) is 7.42. The number of amides is 1. The van der Waals surface area contributed by atoms with Crippen molar-refractivity contribution in [3.05, 3.63) is 87.9 Å². The van der Waals surface area contributed by atoms with E-state index in [4.69, 9.17) is 40.4 Å². The number of thiocarbonyl (C=S) groups is 1. The summed E-state index contributed by atoms with van der Waals surface area (Å²) in [7, 11) is 0. The molecule has 0 bridgehead atoms. The van der Waals surface area contributed by atoms with Gasteiger partial charge in [-0.25, -0.2) is 4.98 Å². The number of hydrogen-bond donors (Lipinski definition) is 2. The number of anilines is 1. The number of carbonyl (C=O) groups is 1. The first-order chi connectivity index (χ1) is 16.3. The van der Waals surface area contributed by atoms with Crippen LogP contribution in [0.3, 0.4) is 0 Å². The van der Waals surface area contributed by atoms with Gasteiger partial charge in [0.15, 0.2) is 5.11 Å². The lowest BCUT2D eigenvalue weighted by Gasteiger charge is -2.14. The number of thiazole rings is 1. The van der Waals surface area contributed by atoms with E-state index in [-0.39, 0.29) is 11.0 Å². The minimum absolute atomic E-state index is 0.122. The molecule has 0 atom stereocenters. The lowest BCUT2D eigenvalue weighted by Crippen LogP contribution is -2.33. The second-order valence-electron chi connectivity index (χ2n) is 7.89. The standard InChI is InChI=1S/C26H21Cl2N3OS2/c1-15(2)17-10-7-16(8-11-17)9-12-23(32)30-26(33)31-24-19(13-18(27)14-20(24)28)25-29-21-5-3-4-6-22(21)34-25/h3-15H,1-2H3,(H2,30,31,32,33)/b12-9+. The molecule has 0 unspecified atom stereocenters. The maximum Gasteiger partial charge on any atom is 0.250 e. The van der Waals surface area contributed by atoms with Gasteiger partial charge < -0.3 is 5.32 Å².